The molecule has 0 atom stereocenters. The molecule has 1 aliphatic rings. The molecule has 39 heavy (non-hydrogen) atoms. The first-order valence-corrected chi connectivity index (χ1v) is 13.2. The lowest BCUT2D eigenvalue weighted by Gasteiger charge is -2.25. The second-order valence-corrected chi connectivity index (χ2v) is 9.81. The number of pyridine rings is 1. The van der Waals surface area contributed by atoms with E-state index in [1.165, 1.54) is 11.8 Å². The van der Waals surface area contributed by atoms with Gasteiger partial charge in [0.1, 0.15) is 5.75 Å². The van der Waals surface area contributed by atoms with Crippen LogP contribution in [0.15, 0.2) is 91.3 Å². The number of para-hydroxylation sites is 1. The van der Waals surface area contributed by atoms with E-state index in [-0.39, 0.29) is 29.5 Å². The van der Waals surface area contributed by atoms with E-state index < -0.39 is 0 Å². The number of nitrogens with one attached hydrogen (secondary N) is 1. The lowest BCUT2D eigenvalue weighted by Crippen LogP contribution is -2.30. The first kappa shape index (κ1) is 26.0. The maximum absolute atomic E-state index is 13.1. The number of nitrogens with zero attached hydrogens (tertiary/aromatic N) is 3. The zero-order chi connectivity index (χ0) is 27.2. The molecule has 4 aromatic rings. The van der Waals surface area contributed by atoms with Gasteiger partial charge in [0.05, 0.1) is 5.69 Å². The third-order valence-corrected chi connectivity index (χ3v) is 7.11. The van der Waals surface area contributed by atoms with Crippen molar-refractivity contribution in [3.63, 3.8) is 0 Å². The highest BCUT2D eigenvalue weighted by atomic mass is 16.3. The van der Waals surface area contributed by atoms with E-state index in [9.17, 15) is 14.7 Å². The summed E-state index contributed by atoms with van der Waals surface area (Å²) in [6, 6.07) is 23.9. The fourth-order valence-corrected chi connectivity index (χ4v) is 4.89. The summed E-state index contributed by atoms with van der Waals surface area (Å²) in [5, 5.41) is 13.3. The molecule has 1 amide bonds. The summed E-state index contributed by atoms with van der Waals surface area (Å²) in [6.07, 6.45) is 4.74. The zero-order valence-corrected chi connectivity index (χ0v) is 22.0. The van der Waals surface area contributed by atoms with Crippen molar-refractivity contribution >= 4 is 28.8 Å². The van der Waals surface area contributed by atoms with E-state index in [2.05, 4.69) is 20.1 Å². The van der Waals surface area contributed by atoms with Crippen LogP contribution in [0.3, 0.4) is 0 Å². The monoisotopic (exact) mass is 520 g/mol. The number of ketones is 1. The molecule has 1 fully saturated rings. The van der Waals surface area contributed by atoms with Gasteiger partial charge in [-0.2, -0.15) is 0 Å². The van der Waals surface area contributed by atoms with Crippen molar-refractivity contribution in [3.8, 4) is 5.75 Å². The molecule has 5 rings (SSSR count). The summed E-state index contributed by atoms with van der Waals surface area (Å²) in [7, 11) is 0. The highest BCUT2D eigenvalue weighted by Gasteiger charge is 2.18. The number of carbonyl (C=O) groups is 2. The van der Waals surface area contributed by atoms with Crippen molar-refractivity contribution in [2.75, 3.05) is 41.3 Å². The molecule has 1 aromatic heterocycles. The number of phenols is 1. The van der Waals surface area contributed by atoms with E-state index in [0.29, 0.717) is 16.7 Å². The second-order valence-electron chi connectivity index (χ2n) is 9.81. The minimum absolute atomic E-state index is 0.0669. The Morgan fingerprint density at radius 2 is 1.41 bits per heavy atom. The van der Waals surface area contributed by atoms with Gasteiger partial charge in [0.15, 0.2) is 5.78 Å². The van der Waals surface area contributed by atoms with Gasteiger partial charge in [-0.3, -0.25) is 14.6 Å². The van der Waals surface area contributed by atoms with Gasteiger partial charge in [0.2, 0.25) is 0 Å². The average molecular weight is 521 g/mol. The van der Waals surface area contributed by atoms with Crippen molar-refractivity contribution in [2.24, 2.45) is 0 Å². The molecule has 0 bridgehead atoms. The molecule has 198 valence electrons. The zero-order valence-electron chi connectivity index (χ0n) is 22.0. The quantitative estimate of drug-likeness (QED) is 0.248. The molecule has 7 heteroatoms. The summed E-state index contributed by atoms with van der Waals surface area (Å²) in [4.78, 5) is 34.8. The van der Waals surface area contributed by atoms with E-state index >= 15 is 0 Å². The minimum Gasteiger partial charge on any atom is -0.506 e. The SMILES string of the molecule is Cc1ccc(C(=O)Cc2cccc(O)c2NC(=O)c2ccc(N3CCCN(c4ccncc4)CC3)cc2)cc1. The molecule has 7 nitrogen and oxygen atoms in total. The molecule has 2 heterocycles. The number of benzene rings is 3. The Balaban J connectivity index is 1.25. The van der Waals surface area contributed by atoms with Crippen LogP contribution in [0.4, 0.5) is 17.1 Å². The Hall–Kier alpha value is -4.65. The first-order chi connectivity index (χ1) is 19.0. The van der Waals surface area contributed by atoms with Gasteiger partial charge in [-0.05, 0) is 61.4 Å². The van der Waals surface area contributed by atoms with Gasteiger partial charge >= 0.3 is 0 Å². The number of rotatable bonds is 7. The fraction of sp³-hybridized carbons (Fsp3) is 0.219. The van der Waals surface area contributed by atoms with Crippen LogP contribution in [0.25, 0.3) is 0 Å². The van der Waals surface area contributed by atoms with Crippen LogP contribution >= 0.6 is 0 Å². The van der Waals surface area contributed by atoms with E-state index in [4.69, 9.17) is 0 Å². The number of carbonyl (C=O) groups excluding carboxylic acids is 2. The van der Waals surface area contributed by atoms with Crippen molar-refractivity contribution in [3.05, 3.63) is 114 Å². The number of hydrogen-bond acceptors (Lipinski definition) is 6. The second kappa shape index (κ2) is 11.8. The van der Waals surface area contributed by atoms with Crippen LogP contribution in [0.2, 0.25) is 0 Å². The maximum Gasteiger partial charge on any atom is 0.255 e. The maximum atomic E-state index is 13.1. The van der Waals surface area contributed by atoms with Crippen molar-refractivity contribution in [1.82, 2.24) is 4.98 Å². The van der Waals surface area contributed by atoms with Crippen molar-refractivity contribution in [2.45, 2.75) is 19.8 Å². The third-order valence-electron chi connectivity index (χ3n) is 7.11. The summed E-state index contributed by atoms with van der Waals surface area (Å²) >= 11 is 0. The molecule has 0 aliphatic carbocycles. The Morgan fingerprint density at radius 3 is 2.08 bits per heavy atom. The van der Waals surface area contributed by atoms with Crippen molar-refractivity contribution < 1.29 is 14.7 Å². The molecule has 2 N–H and O–H groups in total. The predicted octanol–water partition coefficient (Wildman–Crippen LogP) is 5.49. The molecular weight excluding hydrogens is 488 g/mol. The van der Waals surface area contributed by atoms with Crippen LogP contribution in [0.1, 0.15) is 38.3 Å². The van der Waals surface area contributed by atoms with Gasteiger partial charge in [0.25, 0.3) is 5.91 Å². The number of Topliss-reactive ketones (excluding diaryl/α,β-unsaturated/α-hetero) is 1. The van der Waals surface area contributed by atoms with Gasteiger partial charge < -0.3 is 20.2 Å². The molecule has 1 aliphatic heterocycles. The summed E-state index contributed by atoms with van der Waals surface area (Å²) in [5.41, 5.74) is 5.22. The normalized spacial score (nSPS) is 13.6. The van der Waals surface area contributed by atoms with E-state index in [1.807, 2.05) is 55.7 Å². The predicted molar refractivity (Wildman–Crippen MR) is 155 cm³/mol. The molecular formula is C32H32N4O3. The molecule has 0 radical (unpaired) electrons. The molecule has 0 unspecified atom stereocenters. The highest BCUT2D eigenvalue weighted by Crippen LogP contribution is 2.29. The highest BCUT2D eigenvalue weighted by molar-refractivity contribution is 6.06. The van der Waals surface area contributed by atoms with Crippen molar-refractivity contribution in [1.29, 1.82) is 0 Å². The topological polar surface area (TPSA) is 85.8 Å². The number of aryl methyl sites for hydroxylation is 1. The number of phenolic OH excluding ortho intramolecular Hbond substituents is 1. The Bertz CT molecular complexity index is 1440. The van der Waals surface area contributed by atoms with Crippen LogP contribution in [0, 0.1) is 6.92 Å². The van der Waals surface area contributed by atoms with Crippen LogP contribution in [-0.4, -0.2) is 48.0 Å². The van der Waals surface area contributed by atoms with Gasteiger partial charge in [-0.15, -0.1) is 0 Å². The standard InChI is InChI=1S/C32H32N4O3/c1-23-6-8-24(9-7-23)30(38)22-26-4-2-5-29(37)31(26)34-32(39)25-10-12-27(13-11-25)35-18-3-19-36(21-20-35)28-14-16-33-17-15-28/h2,4-17,37H,3,18-22H2,1H3,(H,34,39). The number of aromatic hydroxyl groups is 1. The fourth-order valence-electron chi connectivity index (χ4n) is 4.89. The smallest absolute Gasteiger partial charge is 0.255 e. The lowest BCUT2D eigenvalue weighted by molar-refractivity contribution is 0.0989. The van der Waals surface area contributed by atoms with E-state index in [0.717, 1.165) is 43.9 Å². The minimum atomic E-state index is -0.341. The lowest BCUT2D eigenvalue weighted by atomic mass is 10.00. The number of anilines is 3. The molecule has 3 aromatic carbocycles. The molecule has 0 spiro atoms. The van der Waals surface area contributed by atoms with E-state index in [1.54, 1.807) is 36.4 Å². The Morgan fingerprint density at radius 1 is 0.795 bits per heavy atom. The Labute approximate surface area is 228 Å². The number of amides is 1. The van der Waals surface area contributed by atoms with Crippen LogP contribution in [0.5, 0.6) is 5.75 Å². The van der Waals surface area contributed by atoms with Gasteiger partial charge in [0, 0.05) is 67.5 Å². The molecule has 0 saturated carbocycles. The third kappa shape index (κ3) is 6.26. The number of hydrogen-bond donors (Lipinski definition) is 2. The average Bonchev–Trinajstić information content (AvgIpc) is 3.22. The summed E-state index contributed by atoms with van der Waals surface area (Å²) < 4.78 is 0. The van der Waals surface area contributed by atoms with Gasteiger partial charge in [-0.1, -0.05) is 42.0 Å². The Kier molecular flexibility index (Phi) is 7.87. The van der Waals surface area contributed by atoms with Crippen LogP contribution in [-0.2, 0) is 6.42 Å². The largest absolute Gasteiger partial charge is 0.506 e. The summed E-state index contributed by atoms with van der Waals surface area (Å²) in [5.74, 6) is -0.496. The van der Waals surface area contributed by atoms with Gasteiger partial charge in [-0.25, -0.2) is 0 Å². The molecule has 1 saturated heterocycles. The first-order valence-electron chi connectivity index (χ1n) is 13.2. The number of aromatic nitrogens is 1. The van der Waals surface area contributed by atoms with Crippen LogP contribution < -0.4 is 15.1 Å². The summed E-state index contributed by atoms with van der Waals surface area (Å²) in [6.45, 7) is 5.67.